The number of benzene rings is 1. The highest BCUT2D eigenvalue weighted by atomic mass is 32.2. The van der Waals surface area contributed by atoms with E-state index >= 15 is 0 Å². The fourth-order valence-corrected chi connectivity index (χ4v) is 4.02. The summed E-state index contributed by atoms with van der Waals surface area (Å²) >= 11 is 1.02. The Labute approximate surface area is 175 Å². The maximum Gasteiger partial charge on any atom is 0.343 e. The number of carbonyl (C=O) groups is 3. The molecule has 0 aliphatic carbocycles. The summed E-state index contributed by atoms with van der Waals surface area (Å²) in [6, 6.07) is 4.92. The van der Waals surface area contributed by atoms with Crippen molar-refractivity contribution in [1.82, 2.24) is 9.97 Å². The number of imide groups is 1. The van der Waals surface area contributed by atoms with Gasteiger partial charge in [0.15, 0.2) is 16.7 Å². The minimum Gasteiger partial charge on any atom is -0.486 e. The zero-order chi connectivity index (χ0) is 21.3. The summed E-state index contributed by atoms with van der Waals surface area (Å²) in [6.07, 6.45) is 1.24. The van der Waals surface area contributed by atoms with E-state index in [0.717, 1.165) is 16.7 Å². The van der Waals surface area contributed by atoms with E-state index in [1.165, 1.54) is 6.20 Å². The molecule has 0 saturated carbocycles. The molecule has 10 nitrogen and oxygen atoms in total. The lowest BCUT2D eigenvalue weighted by atomic mass is 10.2. The molecule has 0 spiro atoms. The van der Waals surface area contributed by atoms with Crippen molar-refractivity contribution in [3.05, 3.63) is 30.0 Å². The van der Waals surface area contributed by atoms with Crippen molar-refractivity contribution in [2.24, 2.45) is 0 Å². The molecule has 1 saturated heterocycles. The maximum atomic E-state index is 12.9. The number of hydrogen-bond donors (Lipinski definition) is 1. The first-order valence-corrected chi connectivity index (χ1v) is 10.1. The van der Waals surface area contributed by atoms with Gasteiger partial charge in [0.2, 0.25) is 11.8 Å². The second-order valence-electron chi connectivity index (χ2n) is 6.38. The molecule has 1 fully saturated rings. The number of thioether (sulfide) groups is 1. The summed E-state index contributed by atoms with van der Waals surface area (Å²) < 4.78 is 15.9. The van der Waals surface area contributed by atoms with E-state index in [4.69, 9.17) is 19.9 Å². The fraction of sp³-hybridized carbons (Fsp3) is 0.316. The molecule has 2 amide bonds. The molecule has 2 aliphatic heterocycles. The molecule has 156 valence electrons. The third-order valence-corrected chi connectivity index (χ3v) is 5.49. The minimum absolute atomic E-state index is 0.0131. The van der Waals surface area contributed by atoms with Crippen LogP contribution in [-0.2, 0) is 14.3 Å². The lowest BCUT2D eigenvalue weighted by Crippen LogP contribution is -2.31. The SMILES string of the molecule is CCOC(=O)c1cnc(SC2CC(=O)N(c3ccc4c(c3)OCCO4)C2=O)nc1N. The molecule has 30 heavy (non-hydrogen) atoms. The van der Waals surface area contributed by atoms with Crippen LogP contribution in [0.2, 0.25) is 0 Å². The zero-order valence-corrected chi connectivity index (χ0v) is 16.8. The van der Waals surface area contributed by atoms with Crippen LogP contribution in [0.15, 0.2) is 29.6 Å². The third-order valence-electron chi connectivity index (χ3n) is 4.43. The molecule has 4 rings (SSSR count). The number of nitrogen functional groups attached to an aromatic ring is 1. The lowest BCUT2D eigenvalue weighted by molar-refractivity contribution is -0.121. The number of ether oxygens (including phenoxy) is 3. The number of aromatic nitrogens is 2. The normalized spacial score (nSPS) is 17.9. The Hall–Kier alpha value is -3.34. The first-order chi connectivity index (χ1) is 14.5. The van der Waals surface area contributed by atoms with E-state index in [1.54, 1.807) is 25.1 Å². The van der Waals surface area contributed by atoms with E-state index in [0.29, 0.717) is 30.4 Å². The van der Waals surface area contributed by atoms with Gasteiger partial charge in [-0.1, -0.05) is 11.8 Å². The van der Waals surface area contributed by atoms with Crippen molar-refractivity contribution in [2.75, 3.05) is 30.5 Å². The number of carbonyl (C=O) groups excluding carboxylic acids is 3. The second-order valence-corrected chi connectivity index (χ2v) is 7.55. The summed E-state index contributed by atoms with van der Waals surface area (Å²) in [6.45, 7) is 2.72. The first kappa shape index (κ1) is 20.0. The predicted octanol–water partition coefficient (Wildman–Crippen LogP) is 1.43. The largest absolute Gasteiger partial charge is 0.486 e. The van der Waals surface area contributed by atoms with Gasteiger partial charge in [0.25, 0.3) is 0 Å². The highest BCUT2D eigenvalue weighted by Crippen LogP contribution is 2.38. The van der Waals surface area contributed by atoms with Crippen molar-refractivity contribution in [3.63, 3.8) is 0 Å². The maximum absolute atomic E-state index is 12.9. The van der Waals surface area contributed by atoms with Crippen LogP contribution in [0.1, 0.15) is 23.7 Å². The molecule has 1 unspecified atom stereocenters. The van der Waals surface area contributed by atoms with Crippen LogP contribution in [0, 0.1) is 0 Å². The molecule has 1 aromatic carbocycles. The molecular formula is C19H18N4O6S. The summed E-state index contributed by atoms with van der Waals surface area (Å²) in [7, 11) is 0. The number of fused-ring (bicyclic) bond motifs is 1. The molecule has 11 heteroatoms. The quantitative estimate of drug-likeness (QED) is 0.422. The number of nitrogens with two attached hydrogens (primary N) is 1. The summed E-state index contributed by atoms with van der Waals surface area (Å²) in [5.74, 6) is -0.347. The van der Waals surface area contributed by atoms with Crippen molar-refractivity contribution in [2.45, 2.75) is 23.8 Å². The van der Waals surface area contributed by atoms with E-state index in [9.17, 15) is 14.4 Å². The van der Waals surface area contributed by atoms with Crippen LogP contribution in [-0.4, -0.2) is 52.8 Å². The Bertz CT molecular complexity index is 1030. The van der Waals surface area contributed by atoms with Gasteiger partial charge in [0, 0.05) is 18.7 Å². The Morgan fingerprint density at radius 3 is 2.80 bits per heavy atom. The van der Waals surface area contributed by atoms with Crippen LogP contribution in [0.4, 0.5) is 11.5 Å². The average molecular weight is 430 g/mol. The van der Waals surface area contributed by atoms with Gasteiger partial charge in [-0.25, -0.2) is 19.7 Å². The molecule has 0 bridgehead atoms. The highest BCUT2D eigenvalue weighted by Gasteiger charge is 2.41. The van der Waals surface area contributed by atoms with Crippen LogP contribution < -0.4 is 20.1 Å². The Morgan fingerprint density at radius 2 is 2.07 bits per heavy atom. The molecule has 2 aromatic rings. The van der Waals surface area contributed by atoms with Crippen LogP contribution >= 0.6 is 11.8 Å². The number of nitrogens with zero attached hydrogens (tertiary/aromatic N) is 3. The van der Waals surface area contributed by atoms with E-state index in [2.05, 4.69) is 9.97 Å². The summed E-state index contributed by atoms with van der Waals surface area (Å²) in [5, 5.41) is -0.519. The van der Waals surface area contributed by atoms with Crippen molar-refractivity contribution >= 4 is 41.1 Å². The number of esters is 1. The molecular weight excluding hydrogens is 412 g/mol. The number of rotatable bonds is 5. The standard InChI is InChI=1S/C19H18N4O6S/c1-2-27-18(26)11-9-21-19(22-16(11)20)30-14-8-15(24)23(17(14)25)10-3-4-12-13(7-10)29-6-5-28-12/h3-4,7,9,14H,2,5-6,8H2,1H3,(H2,20,21,22). The van der Waals surface area contributed by atoms with Gasteiger partial charge >= 0.3 is 5.97 Å². The Kier molecular flexibility index (Phi) is 5.44. The van der Waals surface area contributed by atoms with Gasteiger partial charge in [0.05, 0.1) is 12.3 Å². The van der Waals surface area contributed by atoms with Gasteiger partial charge in [-0.05, 0) is 19.1 Å². The molecule has 1 atom stereocenters. The van der Waals surface area contributed by atoms with Crippen LogP contribution in [0.3, 0.4) is 0 Å². The van der Waals surface area contributed by atoms with Gasteiger partial charge in [-0.3, -0.25) is 9.59 Å². The van der Waals surface area contributed by atoms with E-state index < -0.39 is 17.1 Å². The number of hydrogen-bond acceptors (Lipinski definition) is 10. The average Bonchev–Trinajstić information content (AvgIpc) is 3.00. The summed E-state index contributed by atoms with van der Waals surface area (Å²) in [4.78, 5) is 46.5. The van der Waals surface area contributed by atoms with E-state index in [-0.39, 0.29) is 35.5 Å². The zero-order valence-electron chi connectivity index (χ0n) is 16.0. The number of anilines is 2. The van der Waals surface area contributed by atoms with Crippen molar-refractivity contribution < 1.29 is 28.6 Å². The fourth-order valence-electron chi connectivity index (χ4n) is 3.07. The second kappa shape index (κ2) is 8.19. The number of amides is 2. The van der Waals surface area contributed by atoms with E-state index in [1.807, 2.05) is 0 Å². The molecule has 3 heterocycles. The van der Waals surface area contributed by atoms with Gasteiger partial charge in [-0.2, -0.15) is 0 Å². The third kappa shape index (κ3) is 3.75. The van der Waals surface area contributed by atoms with Gasteiger partial charge < -0.3 is 19.9 Å². The smallest absolute Gasteiger partial charge is 0.343 e. The molecule has 2 N–H and O–H groups in total. The van der Waals surface area contributed by atoms with Crippen molar-refractivity contribution in [3.8, 4) is 11.5 Å². The minimum atomic E-state index is -0.710. The Morgan fingerprint density at radius 1 is 1.30 bits per heavy atom. The van der Waals surface area contributed by atoms with Crippen LogP contribution in [0.5, 0.6) is 11.5 Å². The van der Waals surface area contributed by atoms with Crippen molar-refractivity contribution in [1.29, 1.82) is 0 Å². The van der Waals surface area contributed by atoms with Crippen LogP contribution in [0.25, 0.3) is 0 Å². The molecule has 1 aromatic heterocycles. The molecule has 2 aliphatic rings. The van der Waals surface area contributed by atoms with Gasteiger partial charge in [-0.15, -0.1) is 0 Å². The summed E-state index contributed by atoms with van der Waals surface area (Å²) in [5.41, 5.74) is 6.28. The Balaban J connectivity index is 1.51. The first-order valence-electron chi connectivity index (χ1n) is 9.20. The predicted molar refractivity (Wildman–Crippen MR) is 107 cm³/mol. The topological polar surface area (TPSA) is 134 Å². The monoisotopic (exact) mass is 430 g/mol. The molecule has 0 radical (unpaired) electrons. The highest BCUT2D eigenvalue weighted by molar-refractivity contribution is 8.00. The lowest BCUT2D eigenvalue weighted by Gasteiger charge is -2.21. The van der Waals surface area contributed by atoms with Gasteiger partial charge in [0.1, 0.15) is 29.8 Å².